The highest BCUT2D eigenvalue weighted by Gasteiger charge is 2.18. The molecule has 156 valence electrons. The summed E-state index contributed by atoms with van der Waals surface area (Å²) in [5, 5.41) is 2.86. The van der Waals surface area contributed by atoms with Gasteiger partial charge in [0.25, 0.3) is 0 Å². The standard InChI is InChI=1S/C23H23BrN2O3S/c1-17(19-7-3-2-4-8-19)26-30(28,29)20-14-11-18(12-15-20)13-16-23(27)25-22-10-6-5-9-21(22)24/h2-12,14-15,17,26H,13,16H2,1H3,(H,25,27)/t17-/m1/s1. The van der Waals surface area contributed by atoms with E-state index >= 15 is 0 Å². The molecule has 2 N–H and O–H groups in total. The zero-order valence-electron chi connectivity index (χ0n) is 16.5. The maximum atomic E-state index is 12.6. The number of anilines is 1. The third-order valence-corrected chi connectivity index (χ3v) is 6.90. The van der Waals surface area contributed by atoms with Gasteiger partial charge < -0.3 is 5.32 Å². The van der Waals surface area contributed by atoms with Crippen molar-refractivity contribution in [2.24, 2.45) is 0 Å². The van der Waals surface area contributed by atoms with Gasteiger partial charge in [-0.2, -0.15) is 0 Å². The van der Waals surface area contributed by atoms with E-state index in [9.17, 15) is 13.2 Å². The summed E-state index contributed by atoms with van der Waals surface area (Å²) in [6, 6.07) is 23.1. The third kappa shape index (κ3) is 6.01. The molecular weight excluding hydrogens is 464 g/mol. The number of amides is 1. The number of carbonyl (C=O) groups excluding carboxylic acids is 1. The Hall–Kier alpha value is -2.48. The van der Waals surface area contributed by atoms with E-state index in [1.807, 2.05) is 61.5 Å². The van der Waals surface area contributed by atoms with Crippen LogP contribution in [0.2, 0.25) is 0 Å². The number of hydrogen-bond acceptors (Lipinski definition) is 3. The summed E-state index contributed by atoms with van der Waals surface area (Å²) in [4.78, 5) is 12.4. The molecule has 0 radical (unpaired) electrons. The molecule has 5 nitrogen and oxygen atoms in total. The fourth-order valence-corrected chi connectivity index (χ4v) is 4.59. The quantitative estimate of drug-likeness (QED) is 0.467. The van der Waals surface area contributed by atoms with Crippen molar-refractivity contribution in [1.82, 2.24) is 4.72 Å². The summed E-state index contributed by atoms with van der Waals surface area (Å²) in [5.41, 5.74) is 2.52. The van der Waals surface area contributed by atoms with Gasteiger partial charge >= 0.3 is 0 Å². The van der Waals surface area contributed by atoms with Crippen molar-refractivity contribution < 1.29 is 13.2 Å². The molecule has 3 aromatic rings. The topological polar surface area (TPSA) is 75.3 Å². The Labute approximate surface area is 185 Å². The summed E-state index contributed by atoms with van der Waals surface area (Å²) >= 11 is 3.40. The van der Waals surface area contributed by atoms with Crippen LogP contribution in [0.4, 0.5) is 5.69 Å². The Morgan fingerprint density at radius 3 is 2.23 bits per heavy atom. The second-order valence-corrected chi connectivity index (χ2v) is 9.49. The molecule has 0 spiro atoms. The summed E-state index contributed by atoms with van der Waals surface area (Å²) in [5.74, 6) is -0.100. The molecular formula is C23H23BrN2O3S. The van der Waals surface area contributed by atoms with E-state index in [2.05, 4.69) is 26.0 Å². The van der Waals surface area contributed by atoms with E-state index in [0.29, 0.717) is 12.8 Å². The van der Waals surface area contributed by atoms with E-state index in [0.717, 1.165) is 21.3 Å². The first kappa shape index (κ1) is 22.2. The number of hydrogen-bond donors (Lipinski definition) is 2. The van der Waals surface area contributed by atoms with E-state index in [-0.39, 0.29) is 16.8 Å². The normalized spacial score (nSPS) is 12.3. The number of sulfonamides is 1. The second-order valence-electron chi connectivity index (χ2n) is 6.93. The van der Waals surface area contributed by atoms with Crippen LogP contribution in [0.15, 0.2) is 88.2 Å². The van der Waals surface area contributed by atoms with Gasteiger partial charge in [-0.15, -0.1) is 0 Å². The van der Waals surface area contributed by atoms with Gasteiger partial charge in [0, 0.05) is 16.9 Å². The molecule has 1 atom stereocenters. The Morgan fingerprint density at radius 2 is 1.57 bits per heavy atom. The molecule has 3 aromatic carbocycles. The van der Waals surface area contributed by atoms with Crippen LogP contribution in [-0.2, 0) is 21.2 Å². The number of benzene rings is 3. The molecule has 1 amide bonds. The smallest absolute Gasteiger partial charge is 0.241 e. The molecule has 0 unspecified atom stereocenters. The van der Waals surface area contributed by atoms with Crippen molar-refractivity contribution in [3.8, 4) is 0 Å². The van der Waals surface area contributed by atoms with Crippen molar-refractivity contribution in [1.29, 1.82) is 0 Å². The highest BCUT2D eigenvalue weighted by Crippen LogP contribution is 2.22. The van der Waals surface area contributed by atoms with E-state index in [1.54, 1.807) is 24.3 Å². The number of carbonyl (C=O) groups is 1. The molecule has 0 heterocycles. The highest BCUT2D eigenvalue weighted by molar-refractivity contribution is 9.10. The minimum atomic E-state index is -3.64. The summed E-state index contributed by atoms with van der Waals surface area (Å²) in [7, 11) is -3.64. The van der Waals surface area contributed by atoms with Crippen LogP contribution in [0.1, 0.15) is 30.5 Å². The van der Waals surface area contributed by atoms with Crippen LogP contribution in [-0.4, -0.2) is 14.3 Å². The Bertz CT molecular complexity index is 1100. The van der Waals surface area contributed by atoms with Gasteiger partial charge in [0.1, 0.15) is 0 Å². The van der Waals surface area contributed by atoms with Crippen LogP contribution < -0.4 is 10.0 Å². The molecule has 0 saturated heterocycles. The van der Waals surface area contributed by atoms with Gasteiger partial charge in [-0.05, 0) is 64.7 Å². The first-order valence-corrected chi connectivity index (χ1v) is 11.8. The number of halogens is 1. The lowest BCUT2D eigenvalue weighted by Gasteiger charge is -2.15. The minimum absolute atomic E-state index is 0.100. The molecule has 0 aliphatic heterocycles. The maximum absolute atomic E-state index is 12.6. The summed E-state index contributed by atoms with van der Waals surface area (Å²) in [6.07, 6.45) is 0.821. The Morgan fingerprint density at radius 1 is 0.933 bits per heavy atom. The zero-order chi connectivity index (χ0) is 21.6. The molecule has 7 heteroatoms. The molecule has 0 fully saturated rings. The Balaban J connectivity index is 1.57. The predicted octanol–water partition coefficient (Wildman–Crippen LogP) is 5.06. The maximum Gasteiger partial charge on any atom is 0.241 e. The second kappa shape index (κ2) is 10.0. The van der Waals surface area contributed by atoms with Crippen LogP contribution in [0, 0.1) is 0 Å². The van der Waals surface area contributed by atoms with Crippen molar-refractivity contribution >= 4 is 37.5 Å². The van der Waals surface area contributed by atoms with Gasteiger partial charge in [-0.25, -0.2) is 13.1 Å². The summed E-state index contributed by atoms with van der Waals surface area (Å²) in [6.45, 7) is 1.81. The Kier molecular flexibility index (Phi) is 7.42. The van der Waals surface area contributed by atoms with Crippen LogP contribution in [0.3, 0.4) is 0 Å². The molecule has 0 aromatic heterocycles. The highest BCUT2D eigenvalue weighted by atomic mass is 79.9. The monoisotopic (exact) mass is 486 g/mol. The summed E-state index contributed by atoms with van der Waals surface area (Å²) < 4.78 is 28.8. The van der Waals surface area contributed by atoms with Gasteiger partial charge in [-0.3, -0.25) is 4.79 Å². The largest absolute Gasteiger partial charge is 0.325 e. The van der Waals surface area contributed by atoms with Gasteiger partial charge in [0.15, 0.2) is 0 Å². The van der Waals surface area contributed by atoms with Crippen LogP contribution >= 0.6 is 15.9 Å². The number of aryl methyl sites for hydroxylation is 1. The van der Waals surface area contributed by atoms with Gasteiger partial charge in [0.2, 0.25) is 15.9 Å². The van der Waals surface area contributed by atoms with Crippen LogP contribution in [0.5, 0.6) is 0 Å². The van der Waals surface area contributed by atoms with Gasteiger partial charge in [-0.1, -0.05) is 54.6 Å². The molecule has 30 heavy (non-hydrogen) atoms. The predicted molar refractivity (Wildman–Crippen MR) is 123 cm³/mol. The molecule has 0 aliphatic rings. The van der Waals surface area contributed by atoms with Crippen LogP contribution in [0.25, 0.3) is 0 Å². The SMILES string of the molecule is C[C@@H](NS(=O)(=O)c1ccc(CCC(=O)Nc2ccccc2Br)cc1)c1ccccc1. The van der Waals surface area contributed by atoms with Crippen molar-refractivity contribution in [3.63, 3.8) is 0 Å². The van der Waals surface area contributed by atoms with Crippen molar-refractivity contribution in [3.05, 3.63) is 94.5 Å². The van der Waals surface area contributed by atoms with Crippen molar-refractivity contribution in [2.75, 3.05) is 5.32 Å². The first-order chi connectivity index (χ1) is 14.3. The molecule has 0 aliphatic carbocycles. The fraction of sp³-hybridized carbons (Fsp3) is 0.174. The van der Waals surface area contributed by atoms with Gasteiger partial charge in [0.05, 0.1) is 10.6 Å². The van der Waals surface area contributed by atoms with E-state index in [4.69, 9.17) is 0 Å². The number of rotatable bonds is 8. The fourth-order valence-electron chi connectivity index (χ4n) is 2.98. The molecule has 3 rings (SSSR count). The average Bonchev–Trinajstić information content (AvgIpc) is 2.74. The van der Waals surface area contributed by atoms with E-state index in [1.165, 1.54) is 0 Å². The lowest BCUT2D eigenvalue weighted by molar-refractivity contribution is -0.116. The van der Waals surface area contributed by atoms with Crippen molar-refractivity contribution in [2.45, 2.75) is 30.7 Å². The van der Waals surface area contributed by atoms with E-state index < -0.39 is 10.0 Å². The minimum Gasteiger partial charge on any atom is -0.325 e. The number of nitrogens with one attached hydrogen (secondary N) is 2. The first-order valence-electron chi connectivity index (χ1n) is 9.56. The lowest BCUT2D eigenvalue weighted by atomic mass is 10.1. The zero-order valence-corrected chi connectivity index (χ0v) is 18.9. The molecule has 0 saturated carbocycles. The lowest BCUT2D eigenvalue weighted by Crippen LogP contribution is -2.26. The molecule has 0 bridgehead atoms. The average molecular weight is 487 g/mol. The number of para-hydroxylation sites is 1. The third-order valence-electron chi connectivity index (χ3n) is 4.65.